The number of piperidine rings is 1. The zero-order valence-electron chi connectivity index (χ0n) is 13.1. The van der Waals surface area contributed by atoms with E-state index in [0.717, 1.165) is 32.5 Å². The monoisotopic (exact) mass is 292 g/mol. The van der Waals surface area contributed by atoms with E-state index in [-0.39, 0.29) is 24.2 Å². The highest BCUT2D eigenvalue weighted by atomic mass is 16.5. The second-order valence-electron chi connectivity index (χ2n) is 6.33. The van der Waals surface area contributed by atoms with Gasteiger partial charge in [-0.2, -0.15) is 5.10 Å². The van der Waals surface area contributed by atoms with Crippen LogP contribution in [0.25, 0.3) is 0 Å². The number of amides is 1. The molecule has 6 heteroatoms. The van der Waals surface area contributed by atoms with Gasteiger partial charge in [-0.05, 0) is 19.8 Å². The fourth-order valence-corrected chi connectivity index (χ4v) is 3.46. The molecule has 116 valence electrons. The largest absolute Gasteiger partial charge is 0.363 e. The molecule has 0 unspecified atom stereocenters. The van der Waals surface area contributed by atoms with Crippen LogP contribution >= 0.6 is 0 Å². The van der Waals surface area contributed by atoms with Crippen LogP contribution in [0, 0.1) is 0 Å². The Kier molecular flexibility index (Phi) is 3.75. The van der Waals surface area contributed by atoms with Gasteiger partial charge in [0.2, 0.25) is 5.91 Å². The lowest BCUT2D eigenvalue weighted by molar-refractivity contribution is -0.183. The van der Waals surface area contributed by atoms with Gasteiger partial charge in [0.15, 0.2) is 0 Å². The molecular formula is C15H24N4O2. The molecule has 1 amide bonds. The van der Waals surface area contributed by atoms with Crippen molar-refractivity contribution < 1.29 is 9.53 Å². The van der Waals surface area contributed by atoms with Crippen molar-refractivity contribution in [2.75, 3.05) is 26.7 Å². The smallest absolute Gasteiger partial charge is 0.248 e. The van der Waals surface area contributed by atoms with Gasteiger partial charge < -0.3 is 9.64 Å². The standard InChI is InChI=1S/C15H24N4O2/c1-12-15(21-11-14(20)18(12)3)4-6-19(7-5-15)10-13-8-16-17(2)9-13/h8-9,12H,4-7,10-11H2,1-3H3/t12-/m1/s1. The highest BCUT2D eigenvalue weighted by Crippen LogP contribution is 2.35. The van der Waals surface area contributed by atoms with Crippen LogP contribution in [0.2, 0.25) is 0 Å². The quantitative estimate of drug-likeness (QED) is 0.802. The zero-order chi connectivity index (χ0) is 15.0. The number of aryl methyl sites for hydroxylation is 1. The summed E-state index contributed by atoms with van der Waals surface area (Å²) >= 11 is 0. The first-order valence-corrected chi connectivity index (χ1v) is 7.60. The number of nitrogens with zero attached hydrogens (tertiary/aromatic N) is 4. The van der Waals surface area contributed by atoms with Crippen molar-refractivity contribution in [1.82, 2.24) is 19.6 Å². The van der Waals surface area contributed by atoms with Crippen molar-refractivity contribution in [2.24, 2.45) is 7.05 Å². The molecule has 6 nitrogen and oxygen atoms in total. The number of carbonyl (C=O) groups is 1. The van der Waals surface area contributed by atoms with Crippen molar-refractivity contribution in [1.29, 1.82) is 0 Å². The molecule has 1 spiro atoms. The second-order valence-corrected chi connectivity index (χ2v) is 6.33. The van der Waals surface area contributed by atoms with E-state index < -0.39 is 0 Å². The number of hydrogen-bond donors (Lipinski definition) is 0. The van der Waals surface area contributed by atoms with Crippen LogP contribution in [0.3, 0.4) is 0 Å². The summed E-state index contributed by atoms with van der Waals surface area (Å²) in [5.74, 6) is 0.0888. The molecule has 0 radical (unpaired) electrons. The van der Waals surface area contributed by atoms with Crippen molar-refractivity contribution in [2.45, 2.75) is 38.0 Å². The SMILES string of the molecule is C[C@H]1N(C)C(=O)COC12CCN(Cc1cnn(C)c1)CC2. The van der Waals surface area contributed by atoms with E-state index in [1.54, 1.807) is 0 Å². The number of aromatic nitrogens is 2. The Morgan fingerprint density at radius 1 is 1.38 bits per heavy atom. The van der Waals surface area contributed by atoms with Crippen LogP contribution in [-0.2, 0) is 23.1 Å². The minimum atomic E-state index is -0.159. The van der Waals surface area contributed by atoms with Crippen LogP contribution in [0.4, 0.5) is 0 Å². The molecule has 1 aromatic rings. The van der Waals surface area contributed by atoms with Crippen LogP contribution in [0.1, 0.15) is 25.3 Å². The van der Waals surface area contributed by atoms with Crippen LogP contribution in [-0.4, -0.2) is 63.9 Å². The molecule has 0 N–H and O–H groups in total. The van der Waals surface area contributed by atoms with Crippen LogP contribution in [0.5, 0.6) is 0 Å². The molecule has 0 bridgehead atoms. The lowest BCUT2D eigenvalue weighted by Gasteiger charge is -2.50. The Labute approximate surface area is 125 Å². The number of hydrogen-bond acceptors (Lipinski definition) is 4. The molecule has 3 heterocycles. The van der Waals surface area contributed by atoms with Crippen LogP contribution < -0.4 is 0 Å². The third-order valence-electron chi connectivity index (χ3n) is 5.09. The topological polar surface area (TPSA) is 50.6 Å². The fourth-order valence-electron chi connectivity index (χ4n) is 3.46. The van der Waals surface area contributed by atoms with E-state index in [9.17, 15) is 4.79 Å². The molecule has 2 aliphatic heterocycles. The van der Waals surface area contributed by atoms with Gasteiger partial charge in [0.05, 0.1) is 17.8 Å². The first kappa shape index (κ1) is 14.5. The summed E-state index contributed by atoms with van der Waals surface area (Å²) in [6.45, 7) is 5.27. The Balaban J connectivity index is 1.60. The van der Waals surface area contributed by atoms with Gasteiger partial charge in [-0.15, -0.1) is 0 Å². The summed E-state index contributed by atoms with van der Waals surface area (Å²) in [7, 11) is 3.83. The van der Waals surface area contributed by atoms with Gasteiger partial charge in [0.25, 0.3) is 0 Å². The third-order valence-corrected chi connectivity index (χ3v) is 5.09. The Hall–Kier alpha value is -1.40. The van der Waals surface area contributed by atoms with Gasteiger partial charge in [0, 0.05) is 45.5 Å². The number of likely N-dealkylation sites (tertiary alicyclic amines) is 1. The highest BCUT2D eigenvalue weighted by Gasteiger charge is 2.46. The fraction of sp³-hybridized carbons (Fsp3) is 0.733. The highest BCUT2D eigenvalue weighted by molar-refractivity contribution is 5.78. The maximum absolute atomic E-state index is 11.7. The molecule has 2 fully saturated rings. The minimum Gasteiger partial charge on any atom is -0.363 e. The normalized spacial score (nSPS) is 26.5. The molecule has 0 aromatic carbocycles. The van der Waals surface area contributed by atoms with Crippen LogP contribution in [0.15, 0.2) is 12.4 Å². The molecule has 21 heavy (non-hydrogen) atoms. The number of rotatable bonds is 2. The Morgan fingerprint density at radius 3 is 2.71 bits per heavy atom. The molecule has 0 saturated carbocycles. The molecule has 1 aromatic heterocycles. The Morgan fingerprint density at radius 2 is 2.10 bits per heavy atom. The van der Waals surface area contributed by atoms with E-state index in [4.69, 9.17) is 4.74 Å². The first-order valence-electron chi connectivity index (χ1n) is 7.60. The number of likely N-dealkylation sites (N-methyl/N-ethyl adjacent to an activating group) is 1. The lowest BCUT2D eigenvalue weighted by atomic mass is 9.83. The van der Waals surface area contributed by atoms with E-state index in [1.165, 1.54) is 5.56 Å². The summed E-state index contributed by atoms with van der Waals surface area (Å²) in [6, 6.07) is 0.152. The molecular weight excluding hydrogens is 268 g/mol. The summed E-state index contributed by atoms with van der Waals surface area (Å²) in [5.41, 5.74) is 1.09. The van der Waals surface area contributed by atoms with Gasteiger partial charge in [-0.25, -0.2) is 0 Å². The van der Waals surface area contributed by atoms with E-state index in [2.05, 4.69) is 23.1 Å². The predicted octanol–water partition coefficient (Wildman–Crippen LogP) is 0.632. The predicted molar refractivity (Wildman–Crippen MR) is 78.6 cm³/mol. The summed E-state index contributed by atoms with van der Waals surface area (Å²) in [5, 5.41) is 4.22. The zero-order valence-corrected chi connectivity index (χ0v) is 13.1. The maximum Gasteiger partial charge on any atom is 0.248 e. The van der Waals surface area contributed by atoms with Gasteiger partial charge >= 0.3 is 0 Å². The number of morpholine rings is 1. The first-order chi connectivity index (χ1) is 10.00. The Bertz CT molecular complexity index is 519. The summed E-state index contributed by atoms with van der Waals surface area (Å²) in [4.78, 5) is 16.0. The molecule has 1 atom stereocenters. The van der Waals surface area contributed by atoms with Crippen molar-refractivity contribution in [3.8, 4) is 0 Å². The van der Waals surface area contributed by atoms with E-state index in [0.29, 0.717) is 0 Å². The average Bonchev–Trinajstić information content (AvgIpc) is 2.89. The summed E-state index contributed by atoms with van der Waals surface area (Å²) < 4.78 is 7.81. The number of ether oxygens (including phenoxy) is 1. The number of carbonyl (C=O) groups excluding carboxylic acids is 1. The lowest BCUT2D eigenvalue weighted by Crippen LogP contribution is -2.62. The second kappa shape index (κ2) is 5.42. The average molecular weight is 292 g/mol. The van der Waals surface area contributed by atoms with Gasteiger partial charge in [-0.1, -0.05) is 0 Å². The van der Waals surface area contributed by atoms with Gasteiger partial charge in [0.1, 0.15) is 6.61 Å². The minimum absolute atomic E-state index is 0.0888. The van der Waals surface area contributed by atoms with E-state index in [1.807, 2.05) is 29.9 Å². The molecule has 2 saturated heterocycles. The van der Waals surface area contributed by atoms with Gasteiger partial charge in [-0.3, -0.25) is 14.4 Å². The molecule has 3 rings (SSSR count). The molecule has 0 aliphatic carbocycles. The third kappa shape index (κ3) is 2.70. The van der Waals surface area contributed by atoms with Crippen molar-refractivity contribution in [3.05, 3.63) is 18.0 Å². The summed E-state index contributed by atoms with van der Waals surface area (Å²) in [6.07, 6.45) is 5.95. The van der Waals surface area contributed by atoms with E-state index >= 15 is 0 Å². The van der Waals surface area contributed by atoms with Crippen molar-refractivity contribution in [3.63, 3.8) is 0 Å². The maximum atomic E-state index is 11.7. The van der Waals surface area contributed by atoms with Crippen molar-refractivity contribution >= 4 is 5.91 Å². The molecule has 2 aliphatic rings.